The molecule has 2 rings (SSSR count). The Morgan fingerprint density at radius 2 is 1.88 bits per heavy atom. The van der Waals surface area contributed by atoms with E-state index in [1.165, 1.54) is 12.1 Å². The highest BCUT2D eigenvalue weighted by Crippen LogP contribution is 2.22. The van der Waals surface area contributed by atoms with Gasteiger partial charge in [-0.15, -0.1) is 0 Å². The summed E-state index contributed by atoms with van der Waals surface area (Å²) in [6.45, 7) is 1.75. The third-order valence-electron chi connectivity index (χ3n) is 3.16. The van der Waals surface area contributed by atoms with Crippen LogP contribution in [0.4, 0.5) is 5.69 Å². The molecule has 0 radical (unpaired) electrons. The van der Waals surface area contributed by atoms with Gasteiger partial charge in [-0.2, -0.15) is 0 Å². The second kappa shape index (κ2) is 8.94. The number of rotatable bonds is 7. The Balaban J connectivity index is 1.98. The van der Waals surface area contributed by atoms with Crippen molar-refractivity contribution in [2.45, 2.75) is 6.92 Å². The van der Waals surface area contributed by atoms with E-state index in [0.717, 1.165) is 0 Å². The highest BCUT2D eigenvalue weighted by atomic mass is 35.5. The average Bonchev–Trinajstić information content (AvgIpc) is 2.62. The van der Waals surface area contributed by atoms with E-state index in [0.29, 0.717) is 17.2 Å². The summed E-state index contributed by atoms with van der Waals surface area (Å²) in [4.78, 5) is 23.8. The van der Waals surface area contributed by atoms with E-state index in [1.807, 2.05) is 0 Å². The van der Waals surface area contributed by atoms with Gasteiger partial charge in [0, 0.05) is 11.8 Å². The molecule has 0 saturated heterocycles. The molecule has 132 valence electrons. The zero-order chi connectivity index (χ0) is 18.2. The van der Waals surface area contributed by atoms with E-state index in [1.54, 1.807) is 44.4 Å². The molecule has 0 atom stereocenters. The van der Waals surface area contributed by atoms with E-state index in [2.05, 4.69) is 5.32 Å². The summed E-state index contributed by atoms with van der Waals surface area (Å²) in [5, 5.41) is 2.90. The second-order valence-corrected chi connectivity index (χ2v) is 5.34. The predicted molar refractivity (Wildman–Crippen MR) is 94.5 cm³/mol. The number of anilines is 1. The highest BCUT2D eigenvalue weighted by Gasteiger charge is 2.13. The number of methoxy groups -OCH3 is 1. The Bertz CT molecular complexity index is 763. The number of carbonyl (C=O) groups excluding carboxylic acids is 2. The van der Waals surface area contributed by atoms with Gasteiger partial charge in [0.25, 0.3) is 5.91 Å². The van der Waals surface area contributed by atoms with Crippen molar-refractivity contribution in [1.82, 2.24) is 0 Å². The molecule has 0 aliphatic heterocycles. The highest BCUT2D eigenvalue weighted by molar-refractivity contribution is 6.33. The molecule has 0 aromatic heterocycles. The molecule has 0 heterocycles. The molecule has 0 aliphatic carbocycles. The number of benzene rings is 2. The Labute approximate surface area is 150 Å². The van der Waals surface area contributed by atoms with Gasteiger partial charge >= 0.3 is 5.97 Å². The molecule has 1 amide bonds. The summed E-state index contributed by atoms with van der Waals surface area (Å²) >= 11 is 5.98. The lowest BCUT2D eigenvalue weighted by Crippen LogP contribution is -2.20. The Morgan fingerprint density at radius 3 is 2.60 bits per heavy atom. The molecule has 7 heteroatoms. The minimum atomic E-state index is -0.545. The second-order valence-electron chi connectivity index (χ2n) is 4.93. The molecule has 0 spiro atoms. The van der Waals surface area contributed by atoms with Gasteiger partial charge in [0.2, 0.25) is 0 Å². The van der Waals surface area contributed by atoms with Crippen molar-refractivity contribution in [1.29, 1.82) is 0 Å². The molecule has 2 aromatic rings. The summed E-state index contributed by atoms with van der Waals surface area (Å²) in [5.74, 6) is 0.226. The largest absolute Gasteiger partial charge is 0.497 e. The molecule has 25 heavy (non-hydrogen) atoms. The molecule has 2 aromatic carbocycles. The van der Waals surface area contributed by atoms with E-state index in [-0.39, 0.29) is 29.7 Å². The number of halogens is 1. The molecule has 1 N–H and O–H groups in total. The van der Waals surface area contributed by atoms with Gasteiger partial charge < -0.3 is 19.5 Å². The van der Waals surface area contributed by atoms with Gasteiger partial charge in [-0.05, 0) is 37.3 Å². The maximum absolute atomic E-state index is 12.0. The van der Waals surface area contributed by atoms with Crippen molar-refractivity contribution in [2.75, 3.05) is 25.6 Å². The lowest BCUT2D eigenvalue weighted by atomic mass is 10.2. The first-order valence-electron chi connectivity index (χ1n) is 7.57. The van der Waals surface area contributed by atoms with Crippen LogP contribution in [0.5, 0.6) is 11.5 Å². The van der Waals surface area contributed by atoms with Gasteiger partial charge in [0.05, 0.1) is 24.3 Å². The molecule has 0 bridgehead atoms. The van der Waals surface area contributed by atoms with Crippen molar-refractivity contribution in [3.05, 3.63) is 53.1 Å². The van der Waals surface area contributed by atoms with E-state index in [9.17, 15) is 9.59 Å². The van der Waals surface area contributed by atoms with Crippen molar-refractivity contribution >= 4 is 29.2 Å². The van der Waals surface area contributed by atoms with Crippen molar-refractivity contribution in [3.8, 4) is 11.5 Å². The molecular weight excluding hydrogens is 346 g/mol. The summed E-state index contributed by atoms with van der Waals surface area (Å²) in [6.07, 6.45) is 0. The minimum absolute atomic E-state index is 0.190. The van der Waals surface area contributed by atoms with Gasteiger partial charge in [0.1, 0.15) is 11.5 Å². The maximum atomic E-state index is 12.0. The Kier molecular flexibility index (Phi) is 6.65. The normalized spacial score (nSPS) is 10.0. The van der Waals surface area contributed by atoms with Crippen molar-refractivity contribution < 1.29 is 23.8 Å². The van der Waals surface area contributed by atoms with Gasteiger partial charge in [-0.25, -0.2) is 4.79 Å². The maximum Gasteiger partial charge on any atom is 0.339 e. The van der Waals surface area contributed by atoms with Crippen LogP contribution >= 0.6 is 11.6 Å². The predicted octanol–water partition coefficient (Wildman–Crippen LogP) is 3.54. The topological polar surface area (TPSA) is 73.9 Å². The number of esters is 1. The van der Waals surface area contributed by atoms with Gasteiger partial charge in [0.15, 0.2) is 6.61 Å². The van der Waals surface area contributed by atoms with Crippen LogP contribution in [0.3, 0.4) is 0 Å². The van der Waals surface area contributed by atoms with Crippen LogP contribution in [0, 0.1) is 0 Å². The van der Waals surface area contributed by atoms with E-state index < -0.39 is 5.97 Å². The summed E-state index contributed by atoms with van der Waals surface area (Å²) in [5.41, 5.74) is 0.613. The fourth-order valence-electron chi connectivity index (χ4n) is 2.01. The van der Waals surface area contributed by atoms with Crippen molar-refractivity contribution in [3.63, 3.8) is 0 Å². The molecule has 6 nitrogen and oxygen atoms in total. The molecule has 0 fully saturated rings. The van der Waals surface area contributed by atoms with Crippen LogP contribution in [-0.4, -0.2) is 32.2 Å². The standard InChI is InChI=1S/C18H18ClNO5/c1-3-24-18(22)15-9-12(7-8-16(15)19)20-17(21)11-25-14-6-4-5-13(10-14)23-2/h4-10H,3,11H2,1-2H3,(H,20,21). The lowest BCUT2D eigenvalue weighted by Gasteiger charge is -2.10. The zero-order valence-corrected chi connectivity index (χ0v) is 14.6. The number of amides is 1. The first-order valence-corrected chi connectivity index (χ1v) is 7.94. The average molecular weight is 364 g/mol. The number of hydrogen-bond donors (Lipinski definition) is 1. The number of carbonyl (C=O) groups is 2. The van der Waals surface area contributed by atoms with Crippen LogP contribution in [0.15, 0.2) is 42.5 Å². The number of ether oxygens (including phenoxy) is 3. The van der Waals surface area contributed by atoms with Crippen LogP contribution in [0.2, 0.25) is 5.02 Å². The quantitative estimate of drug-likeness (QED) is 0.761. The van der Waals surface area contributed by atoms with E-state index in [4.69, 9.17) is 25.8 Å². The first-order chi connectivity index (χ1) is 12.0. The zero-order valence-electron chi connectivity index (χ0n) is 13.9. The lowest BCUT2D eigenvalue weighted by molar-refractivity contribution is -0.118. The minimum Gasteiger partial charge on any atom is -0.497 e. The number of hydrogen-bond acceptors (Lipinski definition) is 5. The molecule has 0 aliphatic rings. The van der Waals surface area contributed by atoms with Crippen LogP contribution in [-0.2, 0) is 9.53 Å². The van der Waals surface area contributed by atoms with Crippen molar-refractivity contribution in [2.24, 2.45) is 0 Å². The monoisotopic (exact) mass is 363 g/mol. The van der Waals surface area contributed by atoms with Crippen LogP contribution in [0.25, 0.3) is 0 Å². The summed E-state index contributed by atoms with van der Waals surface area (Å²) < 4.78 is 15.4. The van der Waals surface area contributed by atoms with E-state index >= 15 is 0 Å². The van der Waals surface area contributed by atoms with Gasteiger partial charge in [-0.3, -0.25) is 4.79 Å². The van der Waals surface area contributed by atoms with Crippen LogP contribution in [0.1, 0.15) is 17.3 Å². The summed E-state index contributed by atoms with van der Waals surface area (Å²) in [6, 6.07) is 11.5. The molecular formula is C18H18ClNO5. The molecule has 0 unspecified atom stereocenters. The Hall–Kier alpha value is -2.73. The Morgan fingerprint density at radius 1 is 1.12 bits per heavy atom. The van der Waals surface area contributed by atoms with Crippen LogP contribution < -0.4 is 14.8 Å². The summed E-state index contributed by atoms with van der Waals surface area (Å²) in [7, 11) is 1.55. The smallest absolute Gasteiger partial charge is 0.339 e. The fourth-order valence-corrected chi connectivity index (χ4v) is 2.20. The number of nitrogens with one attached hydrogen (secondary N) is 1. The fraction of sp³-hybridized carbons (Fsp3) is 0.222. The SMILES string of the molecule is CCOC(=O)c1cc(NC(=O)COc2cccc(OC)c2)ccc1Cl. The van der Waals surface area contributed by atoms with Gasteiger partial charge in [-0.1, -0.05) is 17.7 Å². The third-order valence-corrected chi connectivity index (χ3v) is 3.49. The molecule has 0 saturated carbocycles. The third kappa shape index (κ3) is 5.39. The first kappa shape index (κ1) is 18.6.